The number of aliphatic hydroxyl groups is 1. The second-order valence-corrected chi connectivity index (χ2v) is 4.65. The number of carboxylic acids is 1. The predicted molar refractivity (Wildman–Crippen MR) is 68.1 cm³/mol. The molecule has 18 heavy (non-hydrogen) atoms. The Morgan fingerprint density at radius 2 is 2.17 bits per heavy atom. The van der Waals surface area contributed by atoms with Crippen molar-refractivity contribution >= 4 is 11.8 Å². The van der Waals surface area contributed by atoms with E-state index in [0.29, 0.717) is 19.3 Å². The summed E-state index contributed by atoms with van der Waals surface area (Å²) in [5.74, 6) is -1.03. The van der Waals surface area contributed by atoms with Gasteiger partial charge in [-0.25, -0.2) is 0 Å². The van der Waals surface area contributed by atoms with E-state index < -0.39 is 12.1 Å². The lowest BCUT2D eigenvalue weighted by atomic mass is 9.91. The number of unbranched alkanes of at least 4 members (excludes halogenated alkanes) is 1. The van der Waals surface area contributed by atoms with E-state index in [1.54, 1.807) is 6.08 Å². The van der Waals surface area contributed by atoms with Crippen LogP contribution in [0.15, 0.2) is 24.8 Å². The monoisotopic (exact) mass is 252 g/mol. The van der Waals surface area contributed by atoms with Crippen LogP contribution in [-0.2, 0) is 9.59 Å². The van der Waals surface area contributed by atoms with Crippen molar-refractivity contribution in [3.8, 4) is 0 Å². The quantitative estimate of drug-likeness (QED) is 0.536. The van der Waals surface area contributed by atoms with E-state index in [-0.39, 0.29) is 30.5 Å². The SMILES string of the molecule is C=C[C@H]1[C@H](O)CC(=O)[C@H]1C/C=C\CCCC(=O)O. The van der Waals surface area contributed by atoms with Crippen molar-refractivity contribution in [2.45, 2.75) is 38.2 Å². The van der Waals surface area contributed by atoms with Gasteiger partial charge in [-0.15, -0.1) is 6.58 Å². The molecule has 0 radical (unpaired) electrons. The first-order valence-corrected chi connectivity index (χ1v) is 6.26. The fourth-order valence-corrected chi connectivity index (χ4v) is 2.32. The van der Waals surface area contributed by atoms with Crippen LogP contribution in [0.5, 0.6) is 0 Å². The number of carbonyl (C=O) groups is 2. The molecule has 100 valence electrons. The van der Waals surface area contributed by atoms with Crippen LogP contribution < -0.4 is 0 Å². The zero-order chi connectivity index (χ0) is 13.5. The zero-order valence-electron chi connectivity index (χ0n) is 10.4. The van der Waals surface area contributed by atoms with Crippen molar-refractivity contribution in [1.29, 1.82) is 0 Å². The maximum atomic E-state index is 11.6. The highest BCUT2D eigenvalue weighted by molar-refractivity contribution is 5.84. The van der Waals surface area contributed by atoms with Crippen LogP contribution in [0.1, 0.15) is 32.1 Å². The number of carbonyl (C=O) groups excluding carboxylic acids is 1. The van der Waals surface area contributed by atoms with E-state index in [1.807, 2.05) is 12.2 Å². The van der Waals surface area contributed by atoms with Crippen LogP contribution in [-0.4, -0.2) is 28.1 Å². The highest BCUT2D eigenvalue weighted by Gasteiger charge is 2.38. The summed E-state index contributed by atoms with van der Waals surface area (Å²) >= 11 is 0. The third-order valence-electron chi connectivity index (χ3n) is 3.32. The summed E-state index contributed by atoms with van der Waals surface area (Å²) in [5, 5.41) is 18.1. The Morgan fingerprint density at radius 1 is 1.44 bits per heavy atom. The van der Waals surface area contributed by atoms with E-state index in [2.05, 4.69) is 6.58 Å². The Bertz CT molecular complexity index is 346. The minimum absolute atomic E-state index is 0.0857. The van der Waals surface area contributed by atoms with E-state index in [1.165, 1.54) is 0 Å². The third-order valence-corrected chi connectivity index (χ3v) is 3.32. The molecule has 3 atom stereocenters. The van der Waals surface area contributed by atoms with Crippen LogP contribution in [0.4, 0.5) is 0 Å². The summed E-state index contributed by atoms with van der Waals surface area (Å²) in [4.78, 5) is 21.9. The molecule has 0 spiro atoms. The van der Waals surface area contributed by atoms with Gasteiger partial charge in [-0.3, -0.25) is 9.59 Å². The molecule has 1 aliphatic rings. The summed E-state index contributed by atoms with van der Waals surface area (Å²) in [7, 11) is 0. The Hall–Kier alpha value is -1.42. The van der Waals surface area contributed by atoms with Crippen molar-refractivity contribution in [3.05, 3.63) is 24.8 Å². The van der Waals surface area contributed by atoms with E-state index >= 15 is 0 Å². The van der Waals surface area contributed by atoms with Crippen LogP contribution in [0.25, 0.3) is 0 Å². The molecule has 1 fully saturated rings. The lowest BCUT2D eigenvalue weighted by Gasteiger charge is -2.14. The van der Waals surface area contributed by atoms with Crippen LogP contribution in [0, 0.1) is 11.8 Å². The van der Waals surface area contributed by atoms with E-state index in [9.17, 15) is 14.7 Å². The van der Waals surface area contributed by atoms with Crippen molar-refractivity contribution in [2.75, 3.05) is 0 Å². The van der Waals surface area contributed by atoms with Gasteiger partial charge in [0.15, 0.2) is 0 Å². The molecular weight excluding hydrogens is 232 g/mol. The molecular formula is C14H20O4. The fraction of sp³-hybridized carbons (Fsp3) is 0.571. The van der Waals surface area contributed by atoms with Gasteiger partial charge in [0, 0.05) is 24.7 Å². The second kappa shape index (κ2) is 7.11. The van der Waals surface area contributed by atoms with Gasteiger partial charge in [0.05, 0.1) is 6.10 Å². The molecule has 0 amide bonds. The summed E-state index contributed by atoms with van der Waals surface area (Å²) in [6, 6.07) is 0. The van der Waals surface area contributed by atoms with Gasteiger partial charge in [-0.05, 0) is 19.3 Å². The molecule has 0 bridgehead atoms. The Balaban J connectivity index is 2.33. The number of Topliss-reactive ketones (excluding diaryl/α,β-unsaturated/α-hetero) is 1. The number of rotatable bonds is 7. The van der Waals surface area contributed by atoms with Crippen molar-refractivity contribution < 1.29 is 19.8 Å². The van der Waals surface area contributed by atoms with Gasteiger partial charge in [-0.2, -0.15) is 0 Å². The number of aliphatic carboxylic acids is 1. The first-order valence-electron chi connectivity index (χ1n) is 6.26. The zero-order valence-corrected chi connectivity index (χ0v) is 10.4. The van der Waals surface area contributed by atoms with Gasteiger partial charge in [-0.1, -0.05) is 18.2 Å². The number of allylic oxidation sites excluding steroid dienone is 2. The first-order chi connectivity index (χ1) is 8.56. The smallest absolute Gasteiger partial charge is 0.303 e. The standard InChI is InChI=1S/C14H20O4/c1-2-10-11(13(16)9-12(10)15)7-5-3-4-6-8-14(17)18/h2-3,5,10-12,15H,1,4,6-9H2,(H,17,18)/b5-3-/t10-,11+,12-/m1/s1. The number of aliphatic hydroxyl groups excluding tert-OH is 1. The minimum Gasteiger partial charge on any atom is -0.481 e. The maximum absolute atomic E-state index is 11.6. The molecule has 0 unspecified atom stereocenters. The normalized spacial score (nSPS) is 27.8. The molecule has 1 aliphatic carbocycles. The molecule has 0 aromatic carbocycles. The molecule has 0 aromatic rings. The molecule has 2 N–H and O–H groups in total. The van der Waals surface area contributed by atoms with Crippen molar-refractivity contribution in [2.24, 2.45) is 11.8 Å². The molecule has 4 heteroatoms. The number of hydrogen-bond acceptors (Lipinski definition) is 3. The average Bonchev–Trinajstić information content (AvgIpc) is 2.57. The topological polar surface area (TPSA) is 74.6 Å². The van der Waals surface area contributed by atoms with Crippen LogP contribution in [0.3, 0.4) is 0 Å². The Kier molecular flexibility index (Phi) is 5.78. The fourth-order valence-electron chi connectivity index (χ4n) is 2.32. The molecule has 0 heterocycles. The lowest BCUT2D eigenvalue weighted by molar-refractivity contribution is -0.137. The Labute approximate surface area is 107 Å². The van der Waals surface area contributed by atoms with Crippen molar-refractivity contribution in [3.63, 3.8) is 0 Å². The summed E-state index contributed by atoms with van der Waals surface area (Å²) < 4.78 is 0. The third kappa shape index (κ3) is 4.11. The van der Waals surface area contributed by atoms with Gasteiger partial charge >= 0.3 is 5.97 Å². The largest absolute Gasteiger partial charge is 0.481 e. The van der Waals surface area contributed by atoms with Crippen LogP contribution >= 0.6 is 0 Å². The average molecular weight is 252 g/mol. The minimum atomic E-state index is -0.788. The van der Waals surface area contributed by atoms with Gasteiger partial charge in [0.25, 0.3) is 0 Å². The van der Waals surface area contributed by atoms with E-state index in [0.717, 1.165) is 0 Å². The molecule has 0 aromatic heterocycles. The summed E-state index contributed by atoms with van der Waals surface area (Å²) in [6.07, 6.45) is 7.15. The van der Waals surface area contributed by atoms with Gasteiger partial charge in [0.1, 0.15) is 5.78 Å². The molecule has 1 saturated carbocycles. The summed E-state index contributed by atoms with van der Waals surface area (Å²) in [5.41, 5.74) is 0. The first kappa shape index (κ1) is 14.6. The number of carboxylic acid groups (broad SMARTS) is 1. The lowest BCUT2D eigenvalue weighted by Crippen LogP contribution is -2.17. The van der Waals surface area contributed by atoms with Gasteiger partial charge < -0.3 is 10.2 Å². The highest BCUT2D eigenvalue weighted by atomic mass is 16.4. The predicted octanol–water partition coefficient (Wildman–Crippen LogP) is 1.94. The Morgan fingerprint density at radius 3 is 2.78 bits per heavy atom. The molecule has 0 aliphatic heterocycles. The second-order valence-electron chi connectivity index (χ2n) is 4.65. The van der Waals surface area contributed by atoms with Crippen LogP contribution in [0.2, 0.25) is 0 Å². The number of hydrogen-bond donors (Lipinski definition) is 2. The van der Waals surface area contributed by atoms with Gasteiger partial charge in [0.2, 0.25) is 0 Å². The summed E-state index contributed by atoms with van der Waals surface area (Å²) in [6.45, 7) is 3.65. The maximum Gasteiger partial charge on any atom is 0.303 e. The molecule has 4 nitrogen and oxygen atoms in total. The number of ketones is 1. The molecule has 1 rings (SSSR count). The van der Waals surface area contributed by atoms with Crippen molar-refractivity contribution in [1.82, 2.24) is 0 Å². The molecule has 0 saturated heterocycles. The van der Waals surface area contributed by atoms with E-state index in [4.69, 9.17) is 5.11 Å². The highest BCUT2D eigenvalue weighted by Crippen LogP contribution is 2.32.